The number of thioether (sulfide) groups is 1. The van der Waals surface area contributed by atoms with Crippen molar-refractivity contribution in [1.82, 2.24) is 0 Å². The third-order valence-electron chi connectivity index (χ3n) is 3.79. The van der Waals surface area contributed by atoms with Crippen LogP contribution in [0.25, 0.3) is 0 Å². The molecule has 0 radical (unpaired) electrons. The fraction of sp³-hybridized carbons (Fsp3) is 0.316. The van der Waals surface area contributed by atoms with E-state index in [2.05, 4.69) is 19.2 Å². The fourth-order valence-corrected chi connectivity index (χ4v) is 2.69. The van der Waals surface area contributed by atoms with Crippen molar-refractivity contribution in [3.63, 3.8) is 0 Å². The second-order valence-electron chi connectivity index (χ2n) is 5.62. The molecule has 2 aromatic rings. The lowest BCUT2D eigenvalue weighted by Crippen LogP contribution is -2.20. The van der Waals surface area contributed by atoms with E-state index in [9.17, 15) is 13.6 Å². The summed E-state index contributed by atoms with van der Waals surface area (Å²) < 4.78 is 30.0. The van der Waals surface area contributed by atoms with E-state index in [1.165, 1.54) is 5.56 Å². The number of amides is 1. The number of anilines is 1. The fourth-order valence-electron chi connectivity index (χ4n) is 2.19. The normalized spacial score (nSPS) is 12.0. The maximum atomic E-state index is 12.3. The van der Waals surface area contributed by atoms with E-state index in [1.54, 1.807) is 24.3 Å². The van der Waals surface area contributed by atoms with Gasteiger partial charge in [-0.1, -0.05) is 37.7 Å². The third kappa shape index (κ3) is 6.38. The van der Waals surface area contributed by atoms with Gasteiger partial charge in [-0.3, -0.25) is 4.79 Å². The van der Waals surface area contributed by atoms with Crippen LogP contribution in [0.2, 0.25) is 0 Å². The Morgan fingerprint density at radius 1 is 1.12 bits per heavy atom. The van der Waals surface area contributed by atoms with Crippen LogP contribution in [0.3, 0.4) is 0 Å². The molecule has 0 bridgehead atoms. The van der Waals surface area contributed by atoms with E-state index >= 15 is 0 Å². The molecule has 0 aliphatic carbocycles. The molecule has 25 heavy (non-hydrogen) atoms. The van der Waals surface area contributed by atoms with Crippen LogP contribution in [0.5, 0.6) is 5.75 Å². The Labute approximate surface area is 150 Å². The predicted molar refractivity (Wildman–Crippen MR) is 97.6 cm³/mol. The van der Waals surface area contributed by atoms with Gasteiger partial charge in [-0.25, -0.2) is 0 Å². The molecule has 0 spiro atoms. The molecule has 0 heterocycles. The summed E-state index contributed by atoms with van der Waals surface area (Å²) in [7, 11) is 0. The first-order chi connectivity index (χ1) is 12.0. The highest BCUT2D eigenvalue weighted by atomic mass is 32.2. The quantitative estimate of drug-likeness (QED) is 0.625. The first kappa shape index (κ1) is 19.2. The van der Waals surface area contributed by atoms with Gasteiger partial charge in [0.1, 0.15) is 5.75 Å². The molecule has 0 aromatic heterocycles. The van der Waals surface area contributed by atoms with E-state index in [4.69, 9.17) is 4.74 Å². The molecule has 0 aliphatic rings. The maximum absolute atomic E-state index is 12.3. The minimum atomic E-state index is -2.46. The van der Waals surface area contributed by atoms with Crippen LogP contribution in [0.15, 0.2) is 53.4 Å². The van der Waals surface area contributed by atoms with Crippen LogP contribution in [0.4, 0.5) is 14.5 Å². The lowest BCUT2D eigenvalue weighted by molar-refractivity contribution is -0.118. The highest BCUT2D eigenvalue weighted by molar-refractivity contribution is 7.99. The van der Waals surface area contributed by atoms with Crippen LogP contribution in [-0.4, -0.2) is 18.3 Å². The van der Waals surface area contributed by atoms with Crippen molar-refractivity contribution in [2.75, 3.05) is 11.9 Å². The molecule has 0 aliphatic heterocycles. The highest BCUT2D eigenvalue weighted by Crippen LogP contribution is 2.26. The molecule has 1 atom stereocenters. The molecule has 0 saturated carbocycles. The summed E-state index contributed by atoms with van der Waals surface area (Å²) in [5, 5.41) is 2.67. The number of carbonyl (C=O) groups excluding carboxylic acids is 1. The first-order valence-corrected chi connectivity index (χ1v) is 8.93. The van der Waals surface area contributed by atoms with Gasteiger partial charge in [0.05, 0.1) is 0 Å². The number of carbonyl (C=O) groups is 1. The van der Waals surface area contributed by atoms with Gasteiger partial charge in [-0.15, -0.1) is 0 Å². The molecule has 2 rings (SSSR count). The summed E-state index contributed by atoms with van der Waals surface area (Å²) >= 11 is 0.467. The summed E-state index contributed by atoms with van der Waals surface area (Å²) in [4.78, 5) is 12.4. The number of alkyl halides is 2. The zero-order valence-electron chi connectivity index (χ0n) is 14.2. The Morgan fingerprint density at radius 3 is 2.32 bits per heavy atom. The zero-order chi connectivity index (χ0) is 18.2. The molecule has 134 valence electrons. The van der Waals surface area contributed by atoms with E-state index in [0.717, 1.165) is 6.42 Å². The van der Waals surface area contributed by atoms with Crippen molar-refractivity contribution < 1.29 is 18.3 Å². The molecule has 1 unspecified atom stereocenters. The van der Waals surface area contributed by atoms with Gasteiger partial charge in [0.2, 0.25) is 0 Å². The summed E-state index contributed by atoms with van der Waals surface area (Å²) in [6, 6.07) is 14.0. The van der Waals surface area contributed by atoms with Crippen LogP contribution in [0, 0.1) is 0 Å². The molecule has 0 saturated heterocycles. The largest absolute Gasteiger partial charge is 0.484 e. The minimum absolute atomic E-state index is 0.115. The second-order valence-corrected chi connectivity index (χ2v) is 6.68. The lowest BCUT2D eigenvalue weighted by atomic mass is 9.99. The molecule has 3 nitrogen and oxygen atoms in total. The Balaban J connectivity index is 1.82. The summed E-state index contributed by atoms with van der Waals surface area (Å²) in [5.41, 5.74) is 1.78. The maximum Gasteiger partial charge on any atom is 0.288 e. The minimum Gasteiger partial charge on any atom is -0.484 e. The second kappa shape index (κ2) is 9.42. The number of hydrogen-bond donors (Lipinski definition) is 1. The third-order valence-corrected chi connectivity index (χ3v) is 4.52. The molecular formula is C19H21F2NO2S. The van der Waals surface area contributed by atoms with E-state index in [-0.39, 0.29) is 12.5 Å². The van der Waals surface area contributed by atoms with Crippen molar-refractivity contribution in [2.45, 2.75) is 36.8 Å². The molecule has 6 heteroatoms. The van der Waals surface area contributed by atoms with Crippen LogP contribution >= 0.6 is 11.8 Å². The van der Waals surface area contributed by atoms with Gasteiger partial charge in [0.25, 0.3) is 11.7 Å². The van der Waals surface area contributed by atoms with E-state index < -0.39 is 5.76 Å². The Hall–Kier alpha value is -2.08. The number of nitrogens with one attached hydrogen (secondary N) is 1. The smallest absolute Gasteiger partial charge is 0.288 e. The highest BCUT2D eigenvalue weighted by Gasteiger charge is 2.07. The summed E-state index contributed by atoms with van der Waals surface area (Å²) in [6.07, 6.45) is 1.07. The van der Waals surface area contributed by atoms with Gasteiger partial charge >= 0.3 is 0 Å². The average molecular weight is 365 g/mol. The molecule has 1 amide bonds. The van der Waals surface area contributed by atoms with Gasteiger partial charge < -0.3 is 10.1 Å². The summed E-state index contributed by atoms with van der Waals surface area (Å²) in [5.74, 6) is -1.64. The number of benzene rings is 2. The Bertz CT molecular complexity index is 675. The molecule has 1 N–H and O–H groups in total. The average Bonchev–Trinajstić information content (AvgIpc) is 2.61. The predicted octanol–water partition coefficient (Wildman–Crippen LogP) is 5.53. The molecule has 2 aromatic carbocycles. The van der Waals surface area contributed by atoms with Crippen molar-refractivity contribution >= 4 is 23.4 Å². The number of halogens is 2. The monoisotopic (exact) mass is 365 g/mol. The standard InChI is InChI=1S/C19H21F2NO2S/c1-3-13(2)14-4-8-16(9-5-14)24-12-18(23)22-15-6-10-17(11-7-15)25-19(20)21/h4-11,13,19H,3,12H2,1-2H3,(H,22,23). The topological polar surface area (TPSA) is 38.3 Å². The van der Waals surface area contributed by atoms with E-state index in [1.807, 2.05) is 24.3 Å². The van der Waals surface area contributed by atoms with Crippen LogP contribution < -0.4 is 10.1 Å². The van der Waals surface area contributed by atoms with Crippen molar-refractivity contribution in [1.29, 1.82) is 0 Å². The van der Waals surface area contributed by atoms with Crippen LogP contribution in [-0.2, 0) is 4.79 Å². The summed E-state index contributed by atoms with van der Waals surface area (Å²) in [6.45, 7) is 4.18. The zero-order valence-corrected chi connectivity index (χ0v) is 15.0. The van der Waals surface area contributed by atoms with Gasteiger partial charge in [-0.2, -0.15) is 8.78 Å². The molecular weight excluding hydrogens is 344 g/mol. The SMILES string of the molecule is CCC(C)c1ccc(OCC(=O)Nc2ccc(SC(F)F)cc2)cc1. The van der Waals surface area contributed by atoms with Gasteiger partial charge in [0, 0.05) is 10.6 Å². The van der Waals surface area contributed by atoms with Crippen molar-refractivity contribution in [2.24, 2.45) is 0 Å². The Kier molecular flexibility index (Phi) is 7.25. The van der Waals surface area contributed by atoms with Crippen LogP contribution in [0.1, 0.15) is 31.7 Å². The van der Waals surface area contributed by atoms with Gasteiger partial charge in [-0.05, 0) is 54.3 Å². The van der Waals surface area contributed by atoms with Crippen molar-refractivity contribution in [3.8, 4) is 5.75 Å². The van der Waals surface area contributed by atoms with E-state index in [0.29, 0.717) is 34.0 Å². The molecule has 0 fully saturated rings. The number of hydrogen-bond acceptors (Lipinski definition) is 3. The van der Waals surface area contributed by atoms with Gasteiger partial charge in [0.15, 0.2) is 6.61 Å². The first-order valence-electron chi connectivity index (χ1n) is 8.05. The number of rotatable bonds is 8. The van der Waals surface area contributed by atoms with Crippen molar-refractivity contribution in [3.05, 3.63) is 54.1 Å². The Morgan fingerprint density at radius 2 is 1.76 bits per heavy atom. The lowest BCUT2D eigenvalue weighted by Gasteiger charge is -2.11. The number of ether oxygens (including phenoxy) is 1.